The number of hydrogen-bond acceptors (Lipinski definition) is 1. The van der Waals surface area contributed by atoms with E-state index in [-0.39, 0.29) is 4.32 Å². The number of thiocarbonyl (C=S) groups is 1. The molecule has 0 atom stereocenters. The highest BCUT2D eigenvalue weighted by Crippen LogP contribution is 2.40. The Morgan fingerprint density at radius 2 is 1.69 bits per heavy atom. The van der Waals surface area contributed by atoms with E-state index >= 15 is 0 Å². The Labute approximate surface area is 102 Å². The van der Waals surface area contributed by atoms with Crippen LogP contribution in [0.1, 0.15) is 11.1 Å². The second kappa shape index (κ2) is 4.33. The summed E-state index contributed by atoms with van der Waals surface area (Å²) >= 11 is 27.6. The summed E-state index contributed by atoms with van der Waals surface area (Å²) in [5.74, 6) is 0. The smallest absolute Gasteiger partial charge is 0.0784 e. The lowest BCUT2D eigenvalue weighted by Gasteiger charge is -2.14. The highest BCUT2D eigenvalue weighted by molar-refractivity contribution is 7.83. The van der Waals surface area contributed by atoms with E-state index in [0.29, 0.717) is 11.1 Å². The van der Waals surface area contributed by atoms with Crippen LogP contribution in [-0.4, -0.2) is 4.32 Å². The molecule has 0 N–H and O–H groups in total. The summed E-state index contributed by atoms with van der Waals surface area (Å²) < 4.78 is -1.29. The van der Waals surface area contributed by atoms with Gasteiger partial charge in [0.15, 0.2) is 0 Å². The fourth-order valence-corrected chi connectivity index (χ4v) is 1.74. The molecule has 0 aliphatic rings. The van der Waals surface area contributed by atoms with Crippen molar-refractivity contribution in [2.45, 2.75) is 3.79 Å². The number of halogens is 4. The number of hydrogen-bond donors (Lipinski definition) is 0. The molecule has 0 amide bonds. The minimum Gasteiger partial charge on any atom is -0.0784 e. The summed E-state index contributed by atoms with van der Waals surface area (Å²) in [6, 6.07) is 6.93. The van der Waals surface area contributed by atoms with Crippen molar-refractivity contribution in [1.82, 2.24) is 0 Å². The molecule has 0 aliphatic heterocycles. The van der Waals surface area contributed by atoms with Crippen LogP contribution in [0.4, 0.5) is 0 Å². The van der Waals surface area contributed by atoms with E-state index in [0.717, 1.165) is 0 Å². The fourth-order valence-electron chi connectivity index (χ4n) is 0.902. The Morgan fingerprint density at radius 3 is 2.08 bits per heavy atom. The molecule has 1 rings (SSSR count). The molecule has 0 unspecified atom stereocenters. The minimum absolute atomic E-state index is 0.196. The molecule has 0 nitrogen and oxygen atoms in total. The quantitative estimate of drug-likeness (QED) is 0.414. The molecule has 5 heteroatoms. The molecular weight excluding hydrogens is 270 g/mol. The summed E-state index contributed by atoms with van der Waals surface area (Å²) in [4.78, 5) is 0. The molecular formula is C8H4Cl4S. The van der Waals surface area contributed by atoms with Crippen molar-refractivity contribution in [2.75, 3.05) is 0 Å². The minimum atomic E-state index is -1.49. The standard InChI is InChI=1S/C8H4Cl4S/c9-7(13)5-3-1-2-4-6(5)8(10,11)12/h1-4H. The monoisotopic (exact) mass is 272 g/mol. The van der Waals surface area contributed by atoms with Gasteiger partial charge in [-0.15, -0.1) is 0 Å². The maximum atomic E-state index is 5.72. The zero-order chi connectivity index (χ0) is 10.1. The summed E-state index contributed by atoms with van der Waals surface area (Å²) in [6.45, 7) is 0. The highest BCUT2D eigenvalue weighted by atomic mass is 35.6. The average Bonchev–Trinajstić information content (AvgIpc) is 2.03. The van der Waals surface area contributed by atoms with E-state index in [4.69, 9.17) is 58.6 Å². The molecule has 0 aromatic heterocycles. The predicted octanol–water partition coefficient (Wildman–Crippen LogP) is 4.43. The van der Waals surface area contributed by atoms with Gasteiger partial charge in [-0.2, -0.15) is 0 Å². The topological polar surface area (TPSA) is 0 Å². The van der Waals surface area contributed by atoms with Crippen molar-refractivity contribution in [3.8, 4) is 0 Å². The lowest BCUT2D eigenvalue weighted by molar-refractivity contribution is 1.23. The second-order valence-corrected chi connectivity index (χ2v) is 5.61. The molecule has 1 aromatic rings. The summed E-state index contributed by atoms with van der Waals surface area (Å²) in [7, 11) is 0. The van der Waals surface area contributed by atoms with Gasteiger partial charge in [0.2, 0.25) is 3.79 Å². The molecule has 0 bridgehead atoms. The van der Waals surface area contributed by atoms with Crippen LogP contribution >= 0.6 is 58.6 Å². The maximum Gasteiger partial charge on any atom is 0.216 e. The van der Waals surface area contributed by atoms with Crippen LogP contribution in [0.5, 0.6) is 0 Å². The lowest BCUT2D eigenvalue weighted by Crippen LogP contribution is -2.06. The summed E-state index contributed by atoms with van der Waals surface area (Å²) in [5.41, 5.74) is 1.08. The van der Waals surface area contributed by atoms with E-state index in [1.165, 1.54) is 0 Å². The molecule has 0 aliphatic carbocycles. The van der Waals surface area contributed by atoms with E-state index in [1.54, 1.807) is 24.3 Å². The van der Waals surface area contributed by atoms with Gasteiger partial charge in [0, 0.05) is 11.1 Å². The molecule has 0 saturated carbocycles. The zero-order valence-corrected chi connectivity index (χ0v) is 10.1. The van der Waals surface area contributed by atoms with Crippen LogP contribution in [0.15, 0.2) is 24.3 Å². The van der Waals surface area contributed by atoms with Crippen LogP contribution in [0, 0.1) is 0 Å². The molecule has 0 spiro atoms. The number of rotatable bonds is 1. The average molecular weight is 274 g/mol. The van der Waals surface area contributed by atoms with Gasteiger partial charge in [-0.25, -0.2) is 0 Å². The van der Waals surface area contributed by atoms with Gasteiger partial charge < -0.3 is 0 Å². The van der Waals surface area contributed by atoms with Gasteiger partial charge in [-0.05, 0) is 0 Å². The van der Waals surface area contributed by atoms with Gasteiger partial charge in [0.1, 0.15) is 4.32 Å². The van der Waals surface area contributed by atoms with Crippen LogP contribution in [-0.2, 0) is 3.79 Å². The Morgan fingerprint density at radius 1 is 1.15 bits per heavy atom. The Balaban J connectivity index is 3.28. The Kier molecular flexibility index (Phi) is 3.84. The van der Waals surface area contributed by atoms with Gasteiger partial charge in [-0.3, -0.25) is 0 Å². The van der Waals surface area contributed by atoms with Gasteiger partial charge >= 0.3 is 0 Å². The molecule has 0 fully saturated rings. The largest absolute Gasteiger partial charge is 0.216 e. The third-order valence-electron chi connectivity index (χ3n) is 1.44. The van der Waals surface area contributed by atoms with Crippen molar-refractivity contribution in [2.24, 2.45) is 0 Å². The molecule has 0 saturated heterocycles. The molecule has 0 heterocycles. The molecule has 70 valence electrons. The van der Waals surface area contributed by atoms with Crippen molar-refractivity contribution < 1.29 is 0 Å². The van der Waals surface area contributed by atoms with Gasteiger partial charge in [-0.1, -0.05) is 82.9 Å². The van der Waals surface area contributed by atoms with E-state index in [2.05, 4.69) is 0 Å². The third-order valence-corrected chi connectivity index (χ3v) is 2.48. The third kappa shape index (κ3) is 2.97. The van der Waals surface area contributed by atoms with Crippen LogP contribution < -0.4 is 0 Å². The first-order valence-corrected chi connectivity index (χ1v) is 5.21. The highest BCUT2D eigenvalue weighted by Gasteiger charge is 2.26. The Bertz CT molecular complexity index is 329. The maximum absolute atomic E-state index is 5.72. The van der Waals surface area contributed by atoms with Crippen molar-refractivity contribution in [1.29, 1.82) is 0 Å². The van der Waals surface area contributed by atoms with Crippen LogP contribution in [0.3, 0.4) is 0 Å². The molecule has 13 heavy (non-hydrogen) atoms. The second-order valence-electron chi connectivity index (χ2n) is 2.32. The van der Waals surface area contributed by atoms with Crippen molar-refractivity contribution in [3.63, 3.8) is 0 Å². The lowest BCUT2D eigenvalue weighted by atomic mass is 10.1. The summed E-state index contributed by atoms with van der Waals surface area (Å²) in [5, 5.41) is 0. The first-order chi connectivity index (χ1) is 5.93. The van der Waals surface area contributed by atoms with Crippen molar-refractivity contribution >= 4 is 62.9 Å². The SMILES string of the molecule is S=C(Cl)c1ccccc1C(Cl)(Cl)Cl. The van der Waals surface area contributed by atoms with Gasteiger partial charge in [0.25, 0.3) is 0 Å². The zero-order valence-electron chi connectivity index (χ0n) is 6.23. The number of benzene rings is 1. The Hall–Kier alpha value is 0.470. The fraction of sp³-hybridized carbons (Fsp3) is 0.125. The predicted molar refractivity (Wildman–Crippen MR) is 63.2 cm³/mol. The number of alkyl halides is 3. The molecule has 0 radical (unpaired) electrons. The molecule has 1 aromatic carbocycles. The van der Waals surface area contributed by atoms with Gasteiger partial charge in [0.05, 0.1) is 0 Å². The normalized spacial score (nSPS) is 11.4. The summed E-state index contributed by atoms with van der Waals surface area (Å²) in [6.07, 6.45) is 0. The van der Waals surface area contributed by atoms with Crippen LogP contribution in [0.25, 0.3) is 0 Å². The van der Waals surface area contributed by atoms with Crippen molar-refractivity contribution in [3.05, 3.63) is 35.4 Å². The van der Waals surface area contributed by atoms with E-state index in [1.807, 2.05) is 0 Å². The first kappa shape index (κ1) is 11.5. The van der Waals surface area contributed by atoms with E-state index < -0.39 is 3.79 Å². The first-order valence-electron chi connectivity index (χ1n) is 3.29. The van der Waals surface area contributed by atoms with Crippen LogP contribution in [0.2, 0.25) is 0 Å². The van der Waals surface area contributed by atoms with E-state index in [9.17, 15) is 0 Å².